The zero-order valence-corrected chi connectivity index (χ0v) is 15.5. The number of nitrogens with one attached hydrogen (secondary N) is 3. The minimum atomic E-state index is -0.279. The van der Waals surface area contributed by atoms with Crippen LogP contribution >= 0.6 is 0 Å². The molecule has 142 valence electrons. The highest BCUT2D eigenvalue weighted by Gasteiger charge is 2.17. The van der Waals surface area contributed by atoms with Gasteiger partial charge in [0.1, 0.15) is 5.75 Å². The second-order valence-electron chi connectivity index (χ2n) is 6.68. The molecule has 6 nitrogen and oxygen atoms in total. The van der Waals surface area contributed by atoms with Gasteiger partial charge in [-0.15, -0.1) is 0 Å². The first-order valence-electron chi connectivity index (χ1n) is 9.20. The van der Waals surface area contributed by atoms with E-state index in [4.69, 9.17) is 4.74 Å². The van der Waals surface area contributed by atoms with E-state index in [0.717, 1.165) is 25.9 Å². The lowest BCUT2D eigenvalue weighted by Gasteiger charge is -2.13. The van der Waals surface area contributed by atoms with E-state index < -0.39 is 0 Å². The van der Waals surface area contributed by atoms with Gasteiger partial charge in [-0.1, -0.05) is 18.2 Å². The van der Waals surface area contributed by atoms with E-state index in [-0.39, 0.29) is 11.8 Å². The lowest BCUT2D eigenvalue weighted by Crippen LogP contribution is -2.19. The van der Waals surface area contributed by atoms with Crippen LogP contribution in [0.4, 0.5) is 11.4 Å². The molecule has 1 heterocycles. The molecule has 1 atom stereocenters. The summed E-state index contributed by atoms with van der Waals surface area (Å²) in [5, 5.41) is 9.03. The predicted molar refractivity (Wildman–Crippen MR) is 106 cm³/mol. The number of amides is 2. The summed E-state index contributed by atoms with van der Waals surface area (Å²) < 4.78 is 5.17. The van der Waals surface area contributed by atoms with Crippen LogP contribution < -0.4 is 20.7 Å². The van der Waals surface area contributed by atoms with Crippen molar-refractivity contribution >= 4 is 23.2 Å². The molecule has 0 saturated carbocycles. The van der Waals surface area contributed by atoms with Gasteiger partial charge in [-0.25, -0.2) is 0 Å². The fourth-order valence-electron chi connectivity index (χ4n) is 3.20. The zero-order chi connectivity index (χ0) is 19.1. The third-order valence-electron chi connectivity index (χ3n) is 4.72. The van der Waals surface area contributed by atoms with Gasteiger partial charge < -0.3 is 20.7 Å². The van der Waals surface area contributed by atoms with Gasteiger partial charge in [0.15, 0.2) is 0 Å². The van der Waals surface area contributed by atoms with Gasteiger partial charge in [-0.3, -0.25) is 9.59 Å². The van der Waals surface area contributed by atoms with E-state index in [1.165, 1.54) is 0 Å². The maximum absolute atomic E-state index is 12.7. The second kappa shape index (κ2) is 9.19. The Morgan fingerprint density at radius 2 is 2.00 bits per heavy atom. The molecule has 1 aliphatic rings. The minimum absolute atomic E-state index is 0.0662. The van der Waals surface area contributed by atoms with E-state index in [9.17, 15) is 9.59 Å². The molecular formula is C21H25N3O3. The number of hydrogen-bond acceptors (Lipinski definition) is 4. The fraction of sp³-hybridized carbons (Fsp3) is 0.333. The van der Waals surface area contributed by atoms with Crippen LogP contribution in [0.1, 0.15) is 29.6 Å². The molecular weight excluding hydrogens is 342 g/mol. The van der Waals surface area contributed by atoms with Crippen LogP contribution in [0.15, 0.2) is 48.5 Å². The Labute approximate surface area is 159 Å². The van der Waals surface area contributed by atoms with Crippen molar-refractivity contribution in [2.24, 2.45) is 5.92 Å². The first-order valence-corrected chi connectivity index (χ1v) is 9.20. The number of para-hydroxylation sites is 1. The molecule has 0 aromatic heterocycles. The molecule has 6 heteroatoms. The molecule has 0 aliphatic carbocycles. The van der Waals surface area contributed by atoms with Crippen LogP contribution in [0.5, 0.6) is 5.75 Å². The highest BCUT2D eigenvalue weighted by atomic mass is 16.5. The monoisotopic (exact) mass is 367 g/mol. The van der Waals surface area contributed by atoms with Crippen molar-refractivity contribution in [3.8, 4) is 5.75 Å². The van der Waals surface area contributed by atoms with E-state index >= 15 is 0 Å². The van der Waals surface area contributed by atoms with Crippen LogP contribution in [0.25, 0.3) is 0 Å². The van der Waals surface area contributed by atoms with Gasteiger partial charge in [0.25, 0.3) is 5.91 Å². The Bertz CT molecular complexity index is 801. The molecule has 3 rings (SSSR count). The Morgan fingerprint density at radius 3 is 2.78 bits per heavy atom. The van der Waals surface area contributed by atoms with Crippen molar-refractivity contribution in [2.75, 3.05) is 30.8 Å². The quantitative estimate of drug-likeness (QED) is 0.702. The second-order valence-corrected chi connectivity index (χ2v) is 6.68. The molecule has 2 amide bonds. The molecule has 2 aromatic rings. The normalized spacial score (nSPS) is 16.0. The average molecular weight is 367 g/mol. The van der Waals surface area contributed by atoms with Gasteiger partial charge in [0, 0.05) is 18.2 Å². The summed E-state index contributed by atoms with van der Waals surface area (Å²) in [7, 11) is 1.58. The van der Waals surface area contributed by atoms with Crippen LogP contribution in [-0.2, 0) is 4.79 Å². The van der Waals surface area contributed by atoms with Crippen LogP contribution in [0.3, 0.4) is 0 Å². The van der Waals surface area contributed by atoms with Crippen molar-refractivity contribution < 1.29 is 14.3 Å². The molecule has 0 radical (unpaired) electrons. The Balaban J connectivity index is 1.63. The first kappa shape index (κ1) is 18.9. The highest BCUT2D eigenvalue weighted by Crippen LogP contribution is 2.21. The van der Waals surface area contributed by atoms with Crippen LogP contribution in [-0.4, -0.2) is 32.0 Å². The number of rotatable bonds is 7. The summed E-state index contributed by atoms with van der Waals surface area (Å²) in [6.45, 7) is 2.01. The lowest BCUT2D eigenvalue weighted by atomic mass is 10.0. The molecule has 3 N–H and O–H groups in total. The Morgan fingerprint density at radius 1 is 1.15 bits per heavy atom. The summed E-state index contributed by atoms with van der Waals surface area (Å²) in [5.74, 6) is 0.876. The number of hydrogen-bond donors (Lipinski definition) is 3. The topological polar surface area (TPSA) is 79.5 Å². The maximum Gasteiger partial charge on any atom is 0.257 e. The van der Waals surface area contributed by atoms with Gasteiger partial charge in [-0.05, 0) is 56.1 Å². The molecule has 27 heavy (non-hydrogen) atoms. The largest absolute Gasteiger partial charge is 0.497 e. The predicted octanol–water partition coefficient (Wildman–Crippen LogP) is 3.28. The number of ether oxygens (including phenoxy) is 1. The molecule has 2 aromatic carbocycles. The minimum Gasteiger partial charge on any atom is -0.497 e. The SMILES string of the molecule is COc1cccc(NC(=O)c2ccccc2NC(=O)CCC2CCNC2)c1. The van der Waals surface area contributed by atoms with Gasteiger partial charge >= 0.3 is 0 Å². The number of carbonyl (C=O) groups excluding carboxylic acids is 2. The number of methoxy groups -OCH3 is 1. The number of benzene rings is 2. The maximum atomic E-state index is 12.7. The van der Waals surface area contributed by atoms with Crippen LogP contribution in [0, 0.1) is 5.92 Å². The Hall–Kier alpha value is -2.86. The van der Waals surface area contributed by atoms with E-state index in [1.807, 2.05) is 6.07 Å². The number of carbonyl (C=O) groups is 2. The molecule has 1 saturated heterocycles. The van der Waals surface area contributed by atoms with Crippen molar-refractivity contribution in [1.82, 2.24) is 5.32 Å². The molecule has 1 unspecified atom stereocenters. The average Bonchev–Trinajstić information content (AvgIpc) is 3.20. The van der Waals surface area contributed by atoms with Crippen molar-refractivity contribution in [3.63, 3.8) is 0 Å². The third kappa shape index (κ3) is 5.31. The van der Waals surface area contributed by atoms with Crippen molar-refractivity contribution in [3.05, 3.63) is 54.1 Å². The fourth-order valence-corrected chi connectivity index (χ4v) is 3.20. The molecule has 0 bridgehead atoms. The first-order chi connectivity index (χ1) is 13.2. The lowest BCUT2D eigenvalue weighted by molar-refractivity contribution is -0.116. The van der Waals surface area contributed by atoms with E-state index in [2.05, 4.69) is 16.0 Å². The molecule has 1 fully saturated rings. The third-order valence-corrected chi connectivity index (χ3v) is 4.72. The molecule has 0 spiro atoms. The smallest absolute Gasteiger partial charge is 0.257 e. The summed E-state index contributed by atoms with van der Waals surface area (Å²) in [4.78, 5) is 25.0. The summed E-state index contributed by atoms with van der Waals surface area (Å²) in [5.41, 5.74) is 1.58. The van der Waals surface area contributed by atoms with Gasteiger partial charge in [0.05, 0.1) is 18.4 Å². The highest BCUT2D eigenvalue weighted by molar-refractivity contribution is 6.10. The van der Waals surface area contributed by atoms with Crippen molar-refractivity contribution in [2.45, 2.75) is 19.3 Å². The summed E-state index contributed by atoms with van der Waals surface area (Å²) in [6, 6.07) is 14.2. The summed E-state index contributed by atoms with van der Waals surface area (Å²) >= 11 is 0. The van der Waals surface area contributed by atoms with E-state index in [0.29, 0.717) is 35.0 Å². The van der Waals surface area contributed by atoms with Gasteiger partial charge in [0.2, 0.25) is 5.91 Å². The number of anilines is 2. The van der Waals surface area contributed by atoms with E-state index in [1.54, 1.807) is 49.6 Å². The summed E-state index contributed by atoms with van der Waals surface area (Å²) in [6.07, 6.45) is 2.43. The standard InChI is InChI=1S/C21H25N3O3/c1-27-17-6-4-5-16(13-17)23-21(26)18-7-2-3-8-19(18)24-20(25)10-9-15-11-12-22-14-15/h2-8,13,15,22H,9-12,14H2,1H3,(H,23,26)(H,24,25). The van der Waals surface area contributed by atoms with Crippen LogP contribution in [0.2, 0.25) is 0 Å². The zero-order valence-electron chi connectivity index (χ0n) is 15.5. The Kier molecular flexibility index (Phi) is 6.44. The van der Waals surface area contributed by atoms with Crippen molar-refractivity contribution in [1.29, 1.82) is 0 Å². The van der Waals surface area contributed by atoms with Gasteiger partial charge in [-0.2, -0.15) is 0 Å². The molecule has 1 aliphatic heterocycles.